The van der Waals surface area contributed by atoms with Gasteiger partial charge in [-0.25, -0.2) is 4.79 Å². The van der Waals surface area contributed by atoms with Crippen LogP contribution in [0.5, 0.6) is 0 Å². The van der Waals surface area contributed by atoms with Gasteiger partial charge in [-0.05, 0) is 63.7 Å². The Morgan fingerprint density at radius 1 is 1.27 bits per heavy atom. The lowest BCUT2D eigenvalue weighted by atomic mass is 9.71. The van der Waals surface area contributed by atoms with Gasteiger partial charge in [-0.1, -0.05) is 26.2 Å². The number of ether oxygens (including phenoxy) is 1. The second kappa shape index (κ2) is 7.01. The van der Waals surface area contributed by atoms with Crippen LogP contribution in [-0.4, -0.2) is 24.0 Å². The minimum Gasteiger partial charge on any atom is -0.444 e. The second-order valence-corrected chi connectivity index (χ2v) is 8.30. The Labute approximate surface area is 134 Å². The van der Waals surface area contributed by atoms with Gasteiger partial charge in [-0.3, -0.25) is 0 Å². The molecule has 4 nitrogen and oxygen atoms in total. The molecule has 126 valence electrons. The molecule has 2 aliphatic rings. The Morgan fingerprint density at radius 3 is 2.50 bits per heavy atom. The van der Waals surface area contributed by atoms with Crippen LogP contribution >= 0.6 is 0 Å². The van der Waals surface area contributed by atoms with Crippen molar-refractivity contribution in [1.29, 1.82) is 0 Å². The Balaban J connectivity index is 1.89. The zero-order chi connectivity index (χ0) is 16.3. The van der Waals surface area contributed by atoms with Crippen molar-refractivity contribution < 1.29 is 14.3 Å². The first-order chi connectivity index (χ1) is 10.3. The molecular formula is C18H31NO3. The highest BCUT2D eigenvalue weighted by molar-refractivity contribution is 5.73. The lowest BCUT2D eigenvalue weighted by Crippen LogP contribution is -2.46. The molecule has 1 unspecified atom stereocenters. The van der Waals surface area contributed by atoms with E-state index in [1.807, 2.05) is 20.8 Å². The molecule has 0 aromatic heterocycles. The van der Waals surface area contributed by atoms with Crippen molar-refractivity contribution >= 4 is 12.4 Å². The number of amides is 1. The van der Waals surface area contributed by atoms with E-state index in [2.05, 4.69) is 12.2 Å². The molecule has 1 N–H and O–H groups in total. The first-order valence-corrected chi connectivity index (χ1v) is 8.73. The average molecular weight is 309 g/mol. The maximum Gasteiger partial charge on any atom is 0.408 e. The van der Waals surface area contributed by atoms with Crippen LogP contribution in [0.2, 0.25) is 0 Å². The third-order valence-corrected chi connectivity index (χ3v) is 5.07. The lowest BCUT2D eigenvalue weighted by molar-refractivity contribution is -0.111. The van der Waals surface area contributed by atoms with Gasteiger partial charge < -0.3 is 14.8 Å². The minimum absolute atomic E-state index is 0.255. The summed E-state index contributed by atoms with van der Waals surface area (Å²) in [6.45, 7) is 7.82. The minimum atomic E-state index is -0.535. The van der Waals surface area contributed by atoms with E-state index < -0.39 is 17.7 Å². The van der Waals surface area contributed by atoms with E-state index in [4.69, 9.17) is 4.74 Å². The van der Waals surface area contributed by atoms with E-state index in [0.29, 0.717) is 5.92 Å². The summed E-state index contributed by atoms with van der Waals surface area (Å²) in [6, 6.07) is -0.413. The van der Waals surface area contributed by atoms with Crippen LogP contribution in [0, 0.1) is 23.7 Å². The van der Waals surface area contributed by atoms with Crippen molar-refractivity contribution in [3.05, 3.63) is 0 Å². The molecule has 0 spiro atoms. The molecule has 0 aromatic rings. The third kappa shape index (κ3) is 5.29. The molecule has 4 atom stereocenters. The van der Waals surface area contributed by atoms with Gasteiger partial charge in [0.15, 0.2) is 0 Å². The van der Waals surface area contributed by atoms with Crippen molar-refractivity contribution in [2.45, 2.75) is 77.9 Å². The molecule has 2 rings (SSSR count). The zero-order valence-corrected chi connectivity index (χ0v) is 14.4. The van der Waals surface area contributed by atoms with Crippen LogP contribution in [0.4, 0.5) is 4.79 Å². The summed E-state index contributed by atoms with van der Waals surface area (Å²) in [5.41, 5.74) is -0.535. The van der Waals surface area contributed by atoms with Crippen LogP contribution in [0.15, 0.2) is 0 Å². The van der Waals surface area contributed by atoms with Gasteiger partial charge in [0.2, 0.25) is 0 Å². The summed E-state index contributed by atoms with van der Waals surface area (Å²) >= 11 is 0. The van der Waals surface area contributed by atoms with Crippen LogP contribution in [-0.2, 0) is 9.53 Å². The molecule has 0 aliphatic heterocycles. The summed E-state index contributed by atoms with van der Waals surface area (Å²) in [5.74, 6) is 2.62. The highest BCUT2D eigenvalue weighted by Crippen LogP contribution is 2.44. The average Bonchev–Trinajstić information content (AvgIpc) is 3.20. The molecule has 0 heterocycles. The SMILES string of the molecule is CC1CC[C@@H]([C@@H](C=O)NC(=O)OC(C)(C)C)C[C@H]1CC1CC1. The van der Waals surface area contributed by atoms with Gasteiger partial charge in [0.05, 0.1) is 6.04 Å². The summed E-state index contributed by atoms with van der Waals surface area (Å²) in [6.07, 6.45) is 7.68. The van der Waals surface area contributed by atoms with Gasteiger partial charge >= 0.3 is 6.09 Å². The smallest absolute Gasteiger partial charge is 0.408 e. The molecule has 1 amide bonds. The number of alkyl carbamates (subject to hydrolysis) is 1. The highest BCUT2D eigenvalue weighted by Gasteiger charge is 2.36. The number of rotatable bonds is 5. The Bertz CT molecular complexity index is 398. The van der Waals surface area contributed by atoms with Gasteiger partial charge in [0.25, 0.3) is 0 Å². The molecule has 0 saturated heterocycles. The molecule has 4 heteroatoms. The van der Waals surface area contributed by atoms with E-state index in [0.717, 1.165) is 37.4 Å². The predicted octanol–water partition coefficient (Wildman–Crippen LogP) is 3.93. The number of carbonyl (C=O) groups is 2. The van der Waals surface area contributed by atoms with Crippen molar-refractivity contribution in [1.82, 2.24) is 5.32 Å². The number of hydrogen-bond donors (Lipinski definition) is 1. The fourth-order valence-corrected chi connectivity index (χ4v) is 3.59. The maximum absolute atomic E-state index is 11.9. The van der Waals surface area contributed by atoms with E-state index >= 15 is 0 Å². The molecule has 2 fully saturated rings. The van der Waals surface area contributed by atoms with Crippen molar-refractivity contribution in [3.63, 3.8) is 0 Å². The van der Waals surface area contributed by atoms with E-state index in [9.17, 15) is 9.59 Å². The van der Waals surface area contributed by atoms with E-state index in [1.165, 1.54) is 19.3 Å². The Kier molecular flexibility index (Phi) is 5.51. The summed E-state index contributed by atoms with van der Waals surface area (Å²) in [7, 11) is 0. The Morgan fingerprint density at radius 2 is 1.95 bits per heavy atom. The van der Waals surface area contributed by atoms with Crippen LogP contribution in [0.3, 0.4) is 0 Å². The number of nitrogens with one attached hydrogen (secondary N) is 1. The number of carbonyl (C=O) groups excluding carboxylic acids is 2. The number of hydrogen-bond acceptors (Lipinski definition) is 3. The van der Waals surface area contributed by atoms with Crippen molar-refractivity contribution in [2.75, 3.05) is 0 Å². The van der Waals surface area contributed by atoms with Crippen molar-refractivity contribution in [3.8, 4) is 0 Å². The second-order valence-electron chi connectivity index (χ2n) is 8.30. The maximum atomic E-state index is 11.9. The largest absolute Gasteiger partial charge is 0.444 e. The Hall–Kier alpha value is -1.06. The lowest BCUT2D eigenvalue weighted by Gasteiger charge is -2.37. The first-order valence-electron chi connectivity index (χ1n) is 8.73. The standard InChI is InChI=1S/C18H31NO3/c1-12-5-8-14(10-15(12)9-13-6-7-13)16(11-20)19-17(21)22-18(2,3)4/h11-16H,5-10H2,1-4H3,(H,19,21)/t12?,14-,15-,16-/m1/s1. The summed E-state index contributed by atoms with van der Waals surface area (Å²) in [5, 5.41) is 2.77. The van der Waals surface area contributed by atoms with Gasteiger partial charge in [-0.15, -0.1) is 0 Å². The van der Waals surface area contributed by atoms with Gasteiger partial charge in [0, 0.05) is 0 Å². The molecule has 2 saturated carbocycles. The molecule has 2 aliphatic carbocycles. The fourth-order valence-electron chi connectivity index (χ4n) is 3.59. The fraction of sp³-hybridized carbons (Fsp3) is 0.889. The third-order valence-electron chi connectivity index (χ3n) is 5.07. The quantitative estimate of drug-likeness (QED) is 0.783. The van der Waals surface area contributed by atoms with Crippen LogP contribution < -0.4 is 5.32 Å². The van der Waals surface area contributed by atoms with Gasteiger partial charge in [-0.2, -0.15) is 0 Å². The molecule has 0 bridgehead atoms. The van der Waals surface area contributed by atoms with Gasteiger partial charge in [0.1, 0.15) is 11.9 Å². The molecule has 0 aromatic carbocycles. The predicted molar refractivity (Wildman–Crippen MR) is 86.6 cm³/mol. The normalized spacial score (nSPS) is 30.5. The van der Waals surface area contributed by atoms with E-state index in [-0.39, 0.29) is 5.92 Å². The molecular weight excluding hydrogens is 278 g/mol. The topological polar surface area (TPSA) is 55.4 Å². The van der Waals surface area contributed by atoms with Crippen molar-refractivity contribution in [2.24, 2.45) is 23.7 Å². The highest BCUT2D eigenvalue weighted by atomic mass is 16.6. The zero-order valence-electron chi connectivity index (χ0n) is 14.4. The summed E-state index contributed by atoms with van der Waals surface area (Å²) in [4.78, 5) is 23.4. The summed E-state index contributed by atoms with van der Waals surface area (Å²) < 4.78 is 5.27. The van der Waals surface area contributed by atoms with Crippen LogP contribution in [0.25, 0.3) is 0 Å². The van der Waals surface area contributed by atoms with E-state index in [1.54, 1.807) is 0 Å². The first kappa shape index (κ1) is 17.3. The number of aldehydes is 1. The van der Waals surface area contributed by atoms with Crippen LogP contribution in [0.1, 0.15) is 66.2 Å². The monoisotopic (exact) mass is 309 g/mol. The molecule has 0 radical (unpaired) electrons. The molecule has 22 heavy (non-hydrogen) atoms.